The third-order valence-electron chi connectivity index (χ3n) is 3.27. The van der Waals surface area contributed by atoms with E-state index in [1.807, 2.05) is 0 Å². The van der Waals surface area contributed by atoms with E-state index in [0.717, 1.165) is 13.2 Å². The van der Waals surface area contributed by atoms with Crippen molar-refractivity contribution in [2.45, 2.75) is 0 Å². The molecule has 10 heteroatoms. The first-order valence-corrected chi connectivity index (χ1v) is 6.97. The second kappa shape index (κ2) is 7.28. The molecule has 1 aromatic carbocycles. The predicted octanol–water partition coefficient (Wildman–Crippen LogP) is 1.64. The zero-order valence-corrected chi connectivity index (χ0v) is 13.5. The fourth-order valence-corrected chi connectivity index (χ4v) is 2.44. The van der Waals surface area contributed by atoms with Crippen molar-refractivity contribution in [2.75, 3.05) is 32.5 Å². The van der Waals surface area contributed by atoms with Gasteiger partial charge in [-0.1, -0.05) is 11.6 Å². The maximum Gasteiger partial charge on any atom is 0.355 e. The van der Waals surface area contributed by atoms with Gasteiger partial charge in [-0.3, -0.25) is 10.1 Å². The van der Waals surface area contributed by atoms with Gasteiger partial charge in [0.15, 0.2) is 0 Å². The third-order valence-corrected chi connectivity index (χ3v) is 3.57. The molecule has 0 radical (unpaired) electrons. The smallest absolute Gasteiger partial charge is 0.355 e. The highest BCUT2D eigenvalue weighted by atomic mass is 35.5. The van der Waals surface area contributed by atoms with Crippen molar-refractivity contribution in [3.8, 4) is 0 Å². The molecule has 0 bridgehead atoms. The van der Waals surface area contributed by atoms with E-state index in [9.17, 15) is 19.7 Å². The summed E-state index contributed by atoms with van der Waals surface area (Å²) in [5.41, 5.74) is -0.0846. The lowest BCUT2D eigenvalue weighted by atomic mass is 10.1. The first-order valence-electron chi connectivity index (χ1n) is 6.59. The molecule has 0 saturated heterocycles. The molecule has 1 aromatic rings. The van der Waals surface area contributed by atoms with Gasteiger partial charge in [-0.2, -0.15) is 0 Å². The third kappa shape index (κ3) is 3.31. The van der Waals surface area contributed by atoms with E-state index < -0.39 is 16.9 Å². The van der Waals surface area contributed by atoms with Crippen molar-refractivity contribution >= 4 is 34.9 Å². The zero-order valence-electron chi connectivity index (χ0n) is 12.8. The zero-order chi connectivity index (χ0) is 17.9. The number of ether oxygens (including phenoxy) is 3. The van der Waals surface area contributed by atoms with Gasteiger partial charge < -0.3 is 19.1 Å². The lowest BCUT2D eigenvalue weighted by Crippen LogP contribution is -2.38. The topological polar surface area (TPSA) is 108 Å². The summed E-state index contributed by atoms with van der Waals surface area (Å²) in [5.74, 6) is -1.54. The van der Waals surface area contributed by atoms with E-state index >= 15 is 0 Å². The molecule has 24 heavy (non-hydrogen) atoms. The largest absolute Gasteiger partial charge is 0.466 e. The maximum atomic E-state index is 12.1. The second-order valence-electron chi connectivity index (χ2n) is 4.61. The van der Waals surface area contributed by atoms with Crippen LogP contribution in [0, 0.1) is 10.1 Å². The summed E-state index contributed by atoms with van der Waals surface area (Å²) >= 11 is 6.09. The summed E-state index contributed by atoms with van der Waals surface area (Å²) in [6, 6.07) is 3.72. The Kier molecular flexibility index (Phi) is 5.37. The van der Waals surface area contributed by atoms with Gasteiger partial charge in [0.05, 0.1) is 42.0 Å². The van der Waals surface area contributed by atoms with Gasteiger partial charge >= 0.3 is 11.9 Å². The minimum atomic E-state index is -0.784. The molecule has 9 nitrogen and oxygen atoms in total. The van der Waals surface area contributed by atoms with Crippen LogP contribution in [0.5, 0.6) is 0 Å². The van der Waals surface area contributed by atoms with Crippen LogP contribution in [0.15, 0.2) is 29.5 Å². The Balaban J connectivity index is 2.57. The Labute approximate surface area is 141 Å². The van der Waals surface area contributed by atoms with E-state index in [2.05, 4.69) is 4.74 Å². The fraction of sp³-hybridized carbons (Fsp3) is 0.286. The highest BCUT2D eigenvalue weighted by Gasteiger charge is 2.33. The van der Waals surface area contributed by atoms with Crippen LogP contribution in [-0.2, 0) is 23.8 Å². The van der Waals surface area contributed by atoms with Gasteiger partial charge in [-0.15, -0.1) is 0 Å². The summed E-state index contributed by atoms with van der Waals surface area (Å²) in [6.07, 6.45) is 0. The number of carbonyl (C=O) groups excluding carboxylic acids is 2. The maximum absolute atomic E-state index is 12.1. The molecule has 0 aliphatic carbocycles. The molecular formula is C14H13ClN2O7. The molecule has 0 unspecified atom stereocenters. The van der Waals surface area contributed by atoms with Crippen molar-refractivity contribution in [3.05, 3.63) is 44.6 Å². The average molecular weight is 357 g/mol. The van der Waals surface area contributed by atoms with Crippen LogP contribution < -0.4 is 4.90 Å². The predicted molar refractivity (Wildman–Crippen MR) is 82.5 cm³/mol. The Hall–Kier alpha value is -2.65. The summed E-state index contributed by atoms with van der Waals surface area (Å²) in [4.78, 5) is 35.5. The molecule has 0 saturated carbocycles. The van der Waals surface area contributed by atoms with Crippen molar-refractivity contribution in [2.24, 2.45) is 0 Å². The van der Waals surface area contributed by atoms with E-state index in [0.29, 0.717) is 0 Å². The number of nitrogens with zero attached hydrogens (tertiary/aromatic N) is 2. The summed E-state index contributed by atoms with van der Waals surface area (Å²) in [7, 11) is 2.33. The van der Waals surface area contributed by atoms with Gasteiger partial charge in [0.1, 0.15) is 12.4 Å². The highest BCUT2D eigenvalue weighted by Crippen LogP contribution is 2.34. The standard InChI is InChI=1S/C14H13ClN2O7/c1-22-13(18)9-6-24-7-16(12(9)14(19)23-2)11-4-3-8(17(20)21)5-10(11)15/h3-5H,6-7H2,1-2H3. The number of halogens is 1. The summed E-state index contributed by atoms with van der Waals surface area (Å²) in [6.45, 7) is -0.235. The van der Waals surface area contributed by atoms with Crippen molar-refractivity contribution in [1.82, 2.24) is 0 Å². The molecule has 0 fully saturated rings. The number of hydrogen-bond acceptors (Lipinski definition) is 8. The van der Waals surface area contributed by atoms with Crippen molar-refractivity contribution in [3.63, 3.8) is 0 Å². The Morgan fingerprint density at radius 3 is 2.50 bits per heavy atom. The van der Waals surface area contributed by atoms with E-state index in [4.69, 9.17) is 21.1 Å². The molecule has 0 N–H and O–H groups in total. The summed E-state index contributed by atoms with van der Waals surface area (Å²) in [5, 5.41) is 10.8. The van der Waals surface area contributed by atoms with Crippen LogP contribution in [0.25, 0.3) is 0 Å². The monoisotopic (exact) mass is 356 g/mol. The lowest BCUT2D eigenvalue weighted by Gasteiger charge is -2.31. The van der Waals surface area contributed by atoms with Crippen LogP contribution in [0.3, 0.4) is 0 Å². The van der Waals surface area contributed by atoms with Crippen LogP contribution in [0.4, 0.5) is 11.4 Å². The number of hydrogen-bond donors (Lipinski definition) is 0. The molecule has 0 atom stereocenters. The van der Waals surface area contributed by atoms with Crippen molar-refractivity contribution in [1.29, 1.82) is 0 Å². The van der Waals surface area contributed by atoms with Crippen LogP contribution >= 0.6 is 11.6 Å². The first-order chi connectivity index (χ1) is 11.4. The first kappa shape index (κ1) is 17.7. The van der Waals surface area contributed by atoms with Crippen LogP contribution in [-0.4, -0.2) is 44.4 Å². The number of non-ortho nitro benzene ring substituents is 1. The SMILES string of the molecule is COC(=O)C1=C(C(=O)OC)N(c2ccc([N+](=O)[O-])cc2Cl)COC1. The van der Waals surface area contributed by atoms with E-state index in [1.165, 1.54) is 24.1 Å². The van der Waals surface area contributed by atoms with Gasteiger partial charge in [0.2, 0.25) is 0 Å². The molecule has 128 valence electrons. The van der Waals surface area contributed by atoms with Crippen LogP contribution in [0.1, 0.15) is 0 Å². The minimum Gasteiger partial charge on any atom is -0.466 e. The Morgan fingerprint density at radius 2 is 1.96 bits per heavy atom. The number of esters is 2. The Bertz CT molecular complexity index is 732. The molecule has 0 spiro atoms. The summed E-state index contributed by atoms with van der Waals surface area (Å²) < 4.78 is 14.7. The van der Waals surface area contributed by atoms with E-state index in [1.54, 1.807) is 0 Å². The number of nitro benzene ring substituents is 1. The quantitative estimate of drug-likeness (QED) is 0.455. The number of anilines is 1. The number of benzene rings is 1. The number of carbonyl (C=O) groups is 2. The van der Waals surface area contributed by atoms with Gasteiger partial charge in [0.25, 0.3) is 5.69 Å². The molecule has 1 aliphatic rings. The van der Waals surface area contributed by atoms with Crippen LogP contribution in [0.2, 0.25) is 5.02 Å². The second-order valence-corrected chi connectivity index (χ2v) is 5.02. The molecule has 1 heterocycles. The number of methoxy groups -OCH3 is 2. The average Bonchev–Trinajstić information content (AvgIpc) is 2.59. The highest BCUT2D eigenvalue weighted by molar-refractivity contribution is 6.33. The Morgan fingerprint density at radius 1 is 1.29 bits per heavy atom. The normalized spacial score (nSPS) is 14.4. The van der Waals surface area contributed by atoms with Gasteiger partial charge in [0, 0.05) is 12.1 Å². The van der Waals surface area contributed by atoms with Crippen molar-refractivity contribution < 1.29 is 28.7 Å². The lowest BCUT2D eigenvalue weighted by molar-refractivity contribution is -0.384. The number of rotatable bonds is 4. The molecular weight excluding hydrogens is 344 g/mol. The fourth-order valence-electron chi connectivity index (χ4n) is 2.16. The van der Waals surface area contributed by atoms with Gasteiger partial charge in [-0.05, 0) is 6.07 Å². The number of nitro groups is 1. The molecule has 0 aromatic heterocycles. The molecule has 0 amide bonds. The van der Waals surface area contributed by atoms with E-state index in [-0.39, 0.29) is 41.0 Å². The molecule has 2 rings (SSSR count). The minimum absolute atomic E-state index is 0.0142. The molecule has 1 aliphatic heterocycles. The van der Waals surface area contributed by atoms with Gasteiger partial charge in [-0.25, -0.2) is 9.59 Å².